The van der Waals surface area contributed by atoms with Crippen molar-refractivity contribution >= 4 is 30.5 Å². The number of anilines is 1. The molecule has 4 rings (SSSR count). The number of allylic oxidation sites excluding steroid dienone is 3. The summed E-state index contributed by atoms with van der Waals surface area (Å²) in [7, 11) is -0.683. The molecule has 2 aromatic rings. The minimum atomic E-state index is -2.32. The number of nitrogens with zero attached hydrogens (tertiary/aromatic N) is 2. The van der Waals surface area contributed by atoms with E-state index in [0.29, 0.717) is 24.2 Å². The Balaban J connectivity index is 1.78. The van der Waals surface area contributed by atoms with Gasteiger partial charge in [0, 0.05) is 36.8 Å². The van der Waals surface area contributed by atoms with E-state index in [-0.39, 0.29) is 35.8 Å². The number of carbonyl (C=O) groups excluding carboxylic acids is 1. The van der Waals surface area contributed by atoms with Crippen LogP contribution in [0.2, 0.25) is 18.6 Å². The van der Waals surface area contributed by atoms with Gasteiger partial charge in [-0.15, -0.1) is 0 Å². The van der Waals surface area contributed by atoms with Gasteiger partial charge in [0.05, 0.1) is 31.9 Å². The highest BCUT2D eigenvalue weighted by atomic mass is 28.3. The molecule has 226 valence electrons. The van der Waals surface area contributed by atoms with Crippen LogP contribution in [0.25, 0.3) is 0 Å². The van der Waals surface area contributed by atoms with Crippen LogP contribution < -0.4 is 14.8 Å². The number of ether oxygens (including phenoxy) is 2. The summed E-state index contributed by atoms with van der Waals surface area (Å²) in [5.74, 6) is 0.303. The Bertz CT molecular complexity index is 1380. The molecule has 2 aliphatic rings. The van der Waals surface area contributed by atoms with E-state index in [2.05, 4.69) is 58.2 Å². The van der Waals surface area contributed by atoms with Crippen LogP contribution in [0.3, 0.4) is 0 Å². The van der Waals surface area contributed by atoms with Gasteiger partial charge in [0.2, 0.25) is 0 Å². The van der Waals surface area contributed by atoms with Crippen molar-refractivity contribution in [3.8, 4) is 5.75 Å². The number of aliphatic hydroxyl groups is 1. The number of fused-ring (bicyclic) bond motifs is 2. The van der Waals surface area contributed by atoms with Gasteiger partial charge in [0.1, 0.15) is 5.75 Å². The summed E-state index contributed by atoms with van der Waals surface area (Å²) in [4.78, 5) is 27.7. The molecule has 0 saturated carbocycles. The Morgan fingerprint density at radius 2 is 1.86 bits per heavy atom. The number of nitro benzene ring substituents is 1. The molecule has 0 radical (unpaired) electrons. The molecule has 0 aromatic heterocycles. The first kappa shape index (κ1) is 31.7. The number of benzene rings is 2. The summed E-state index contributed by atoms with van der Waals surface area (Å²) in [5.41, 5.74) is 2.18. The smallest absolute Gasteiger partial charge is 0.269 e. The largest absolute Gasteiger partial charge is 0.497 e. The topological polar surface area (TPSA) is 102 Å². The van der Waals surface area contributed by atoms with Gasteiger partial charge >= 0.3 is 0 Å². The molecule has 1 spiro atoms. The van der Waals surface area contributed by atoms with Crippen molar-refractivity contribution in [3.63, 3.8) is 0 Å². The Morgan fingerprint density at radius 1 is 1.17 bits per heavy atom. The molecule has 42 heavy (non-hydrogen) atoms. The molecule has 9 heteroatoms. The van der Waals surface area contributed by atoms with E-state index in [1.807, 2.05) is 19.1 Å². The minimum Gasteiger partial charge on any atom is -0.497 e. The summed E-state index contributed by atoms with van der Waals surface area (Å²) >= 11 is 0. The fraction of sp³-hybridized carbons (Fsp3) is 0.485. The zero-order chi connectivity index (χ0) is 30.8. The fourth-order valence-corrected chi connectivity index (χ4v) is 11.0. The number of aliphatic hydroxyl groups excluding tert-OH is 1. The maximum atomic E-state index is 14.6. The van der Waals surface area contributed by atoms with Crippen LogP contribution in [0.1, 0.15) is 52.5 Å². The first-order valence-electron chi connectivity index (χ1n) is 14.7. The summed E-state index contributed by atoms with van der Waals surface area (Å²) in [5, 5.41) is 23.1. The van der Waals surface area contributed by atoms with E-state index in [1.165, 1.54) is 28.5 Å². The number of non-ortho nitro benzene ring substituents is 1. The minimum absolute atomic E-state index is 0.0320. The van der Waals surface area contributed by atoms with Crippen molar-refractivity contribution in [1.82, 2.24) is 0 Å². The molecule has 0 aliphatic carbocycles. The van der Waals surface area contributed by atoms with Gasteiger partial charge in [-0.1, -0.05) is 60.6 Å². The third-order valence-corrected chi connectivity index (χ3v) is 13.5. The normalized spacial score (nSPS) is 23.8. The van der Waals surface area contributed by atoms with Gasteiger partial charge in [-0.25, -0.2) is 0 Å². The molecule has 2 aliphatic heterocycles. The van der Waals surface area contributed by atoms with Crippen LogP contribution in [0.15, 0.2) is 65.8 Å². The van der Waals surface area contributed by atoms with Crippen molar-refractivity contribution in [3.05, 3.63) is 81.4 Å². The fourth-order valence-electron chi connectivity index (χ4n) is 6.93. The van der Waals surface area contributed by atoms with E-state index in [4.69, 9.17) is 9.47 Å². The molecule has 1 fully saturated rings. The monoisotopic (exact) mass is 592 g/mol. The van der Waals surface area contributed by atoms with Crippen LogP contribution in [0, 0.1) is 16.0 Å². The van der Waals surface area contributed by atoms with Crippen LogP contribution in [-0.4, -0.2) is 50.4 Å². The van der Waals surface area contributed by atoms with Crippen molar-refractivity contribution in [2.24, 2.45) is 5.92 Å². The zero-order valence-corrected chi connectivity index (χ0v) is 26.8. The van der Waals surface area contributed by atoms with Gasteiger partial charge in [0.15, 0.2) is 5.60 Å². The number of nitro groups is 1. The zero-order valence-electron chi connectivity index (χ0n) is 25.8. The van der Waals surface area contributed by atoms with E-state index in [0.717, 1.165) is 18.6 Å². The highest BCUT2D eigenvalue weighted by molar-refractivity contribution is 6.91. The quantitative estimate of drug-likeness (QED) is 0.143. The second-order valence-corrected chi connectivity index (χ2v) is 17.1. The number of amides is 1. The standard InChI is InChI=1S/C33H44N2O6Si/c1-22(2)9-8-10-23(3)17-19-34-29-16-11-25(35(38)39)21-28(29)33(32(34)37)24(4)31(30(41-33)18-20-36)42(6,7)27-14-12-26(40-5)13-15-27/h9,11-17,21,24,30-31,36H,8,10,18-20H2,1-7H3/b23-17+/t24-,30+,31-,33+/m1/s1. The summed E-state index contributed by atoms with van der Waals surface area (Å²) in [6, 6.07) is 12.7. The van der Waals surface area contributed by atoms with E-state index >= 15 is 0 Å². The highest BCUT2D eigenvalue weighted by Crippen LogP contribution is 2.60. The molecular formula is C33H44N2O6Si. The van der Waals surface area contributed by atoms with E-state index < -0.39 is 18.6 Å². The average Bonchev–Trinajstić information content (AvgIpc) is 3.37. The molecule has 8 nitrogen and oxygen atoms in total. The van der Waals surface area contributed by atoms with Crippen LogP contribution in [0.5, 0.6) is 5.75 Å². The second-order valence-electron chi connectivity index (χ2n) is 12.4. The van der Waals surface area contributed by atoms with Crippen molar-refractivity contribution in [2.75, 3.05) is 25.2 Å². The van der Waals surface area contributed by atoms with Crippen LogP contribution in [-0.2, 0) is 15.1 Å². The third-order valence-electron chi connectivity index (χ3n) is 9.16. The summed E-state index contributed by atoms with van der Waals surface area (Å²) in [6.07, 6.45) is 6.09. The van der Waals surface area contributed by atoms with E-state index in [1.54, 1.807) is 18.1 Å². The number of rotatable bonds is 11. The lowest BCUT2D eigenvalue weighted by Gasteiger charge is -2.37. The first-order chi connectivity index (χ1) is 19.9. The first-order valence-corrected chi connectivity index (χ1v) is 17.8. The number of methoxy groups -OCH3 is 1. The lowest BCUT2D eigenvalue weighted by atomic mass is 9.82. The summed E-state index contributed by atoms with van der Waals surface area (Å²) < 4.78 is 12.2. The third kappa shape index (κ3) is 5.70. The molecular weight excluding hydrogens is 548 g/mol. The van der Waals surface area contributed by atoms with Gasteiger partial charge in [-0.3, -0.25) is 14.9 Å². The maximum Gasteiger partial charge on any atom is 0.269 e. The molecule has 4 atom stereocenters. The van der Waals surface area contributed by atoms with Crippen LogP contribution >= 0.6 is 0 Å². The molecule has 1 amide bonds. The Kier molecular flexibility index (Phi) is 9.45. The maximum absolute atomic E-state index is 14.6. The number of carbonyl (C=O) groups is 1. The van der Waals surface area contributed by atoms with Crippen molar-refractivity contribution < 1.29 is 24.3 Å². The molecule has 0 bridgehead atoms. The molecule has 2 aromatic carbocycles. The Labute approximate surface area is 250 Å². The molecule has 1 N–H and O–H groups in total. The Morgan fingerprint density at radius 3 is 2.45 bits per heavy atom. The predicted molar refractivity (Wildman–Crippen MR) is 169 cm³/mol. The molecule has 1 saturated heterocycles. The van der Waals surface area contributed by atoms with Gasteiger partial charge in [-0.05, 0) is 63.8 Å². The number of hydrogen-bond acceptors (Lipinski definition) is 6. The lowest BCUT2D eigenvalue weighted by Crippen LogP contribution is -2.51. The molecule has 2 heterocycles. The summed E-state index contributed by atoms with van der Waals surface area (Å²) in [6.45, 7) is 13.1. The van der Waals surface area contributed by atoms with E-state index in [9.17, 15) is 20.0 Å². The highest BCUT2D eigenvalue weighted by Gasteiger charge is 2.66. The Hall–Kier alpha value is -3.27. The average molecular weight is 593 g/mol. The van der Waals surface area contributed by atoms with Gasteiger partial charge in [-0.2, -0.15) is 0 Å². The molecule has 0 unspecified atom stereocenters. The van der Waals surface area contributed by atoms with Gasteiger partial charge < -0.3 is 19.5 Å². The van der Waals surface area contributed by atoms with Crippen molar-refractivity contribution in [2.45, 2.75) is 77.3 Å². The van der Waals surface area contributed by atoms with Crippen LogP contribution in [0.4, 0.5) is 11.4 Å². The SMILES string of the molecule is COc1ccc([Si](C)(C)[C@H]2[C@H](CCO)O[C@@]3(C(=O)N(C/C=C(\C)CCC=C(C)C)c4ccc([N+](=O)[O-])cc43)[C@@H]2C)cc1. The second kappa shape index (κ2) is 12.5. The predicted octanol–water partition coefficient (Wildman–Crippen LogP) is 6.24. The lowest BCUT2D eigenvalue weighted by molar-refractivity contribution is -0.385. The van der Waals surface area contributed by atoms with Gasteiger partial charge in [0.25, 0.3) is 11.6 Å². The van der Waals surface area contributed by atoms with Crippen molar-refractivity contribution in [1.29, 1.82) is 0 Å². The number of hydrogen-bond donors (Lipinski definition) is 1.